The molecule has 0 saturated heterocycles. The van der Waals surface area contributed by atoms with E-state index in [1.54, 1.807) is 18.2 Å². The second-order valence-electron chi connectivity index (χ2n) is 6.08. The van der Waals surface area contributed by atoms with Gasteiger partial charge in [0.25, 0.3) is 0 Å². The van der Waals surface area contributed by atoms with Gasteiger partial charge in [0.15, 0.2) is 11.4 Å². The first-order chi connectivity index (χ1) is 12.6. The number of fused-ring (bicyclic) bond motifs is 2. The average Bonchev–Trinajstić information content (AvgIpc) is 2.96. The van der Waals surface area contributed by atoms with Crippen LogP contribution in [0.2, 0.25) is 0 Å². The van der Waals surface area contributed by atoms with E-state index in [0.717, 1.165) is 16.5 Å². The number of aromatic nitrogens is 1. The first kappa shape index (κ1) is 16.1. The van der Waals surface area contributed by atoms with Crippen LogP contribution in [0.4, 0.5) is 0 Å². The topological polar surface area (TPSA) is 61.4 Å². The van der Waals surface area contributed by atoms with Crippen LogP contribution in [-0.4, -0.2) is 17.0 Å². The Labute approximate surface area is 149 Å². The van der Waals surface area contributed by atoms with Crippen LogP contribution < -0.4 is 10.5 Å². The predicted molar refractivity (Wildman–Crippen MR) is 99.9 cm³/mol. The molecule has 0 bridgehead atoms. The molecule has 0 aliphatic carbocycles. The lowest BCUT2D eigenvalue weighted by Gasteiger charge is -2.09. The van der Waals surface area contributed by atoms with Gasteiger partial charge in [-0.05, 0) is 36.6 Å². The zero-order valence-electron chi connectivity index (χ0n) is 14.3. The summed E-state index contributed by atoms with van der Waals surface area (Å²) in [5.41, 5.74) is 1.58. The number of benzene rings is 3. The molecule has 0 radical (unpaired) electrons. The van der Waals surface area contributed by atoms with E-state index in [1.165, 1.54) is 11.5 Å². The Kier molecular flexibility index (Phi) is 4.05. The Morgan fingerprint density at radius 2 is 1.88 bits per heavy atom. The summed E-state index contributed by atoms with van der Waals surface area (Å²) in [4.78, 5) is 23.6. The minimum Gasteiger partial charge on any atom is -0.491 e. The molecule has 5 heteroatoms. The summed E-state index contributed by atoms with van der Waals surface area (Å²) in [6, 6.07) is 18.9. The SMILES string of the molecule is CC(=O)c1ccc2c(c1)oc(=O)n2CCOc1cccc2ccccc12. The van der Waals surface area contributed by atoms with E-state index >= 15 is 0 Å². The Bertz CT molecular complexity index is 1160. The lowest BCUT2D eigenvalue weighted by molar-refractivity contribution is 0.101. The van der Waals surface area contributed by atoms with Crippen LogP contribution in [0.5, 0.6) is 5.75 Å². The van der Waals surface area contributed by atoms with Gasteiger partial charge >= 0.3 is 5.76 Å². The summed E-state index contributed by atoms with van der Waals surface area (Å²) in [5.74, 6) is 0.256. The maximum absolute atomic E-state index is 12.1. The van der Waals surface area contributed by atoms with Crippen molar-refractivity contribution in [1.82, 2.24) is 4.57 Å². The molecule has 0 fully saturated rings. The number of carbonyl (C=O) groups excluding carboxylic acids is 1. The Balaban J connectivity index is 1.57. The van der Waals surface area contributed by atoms with Crippen molar-refractivity contribution in [1.29, 1.82) is 0 Å². The van der Waals surface area contributed by atoms with E-state index in [9.17, 15) is 9.59 Å². The fourth-order valence-electron chi connectivity index (χ4n) is 3.07. The molecule has 0 atom stereocenters. The standard InChI is InChI=1S/C21H17NO4/c1-14(23)16-9-10-18-20(13-16)26-21(24)22(18)11-12-25-19-8-4-6-15-5-2-3-7-17(15)19/h2-10,13H,11-12H2,1H3. The van der Waals surface area contributed by atoms with Crippen LogP contribution in [0, 0.1) is 0 Å². The van der Waals surface area contributed by atoms with E-state index in [1.807, 2.05) is 42.5 Å². The van der Waals surface area contributed by atoms with Crippen molar-refractivity contribution in [3.05, 3.63) is 76.8 Å². The minimum absolute atomic E-state index is 0.0680. The summed E-state index contributed by atoms with van der Waals surface area (Å²) in [7, 11) is 0. The molecule has 0 saturated carbocycles. The summed E-state index contributed by atoms with van der Waals surface area (Å²) >= 11 is 0. The Hall–Kier alpha value is -3.34. The molecule has 1 heterocycles. The first-order valence-electron chi connectivity index (χ1n) is 8.38. The number of ether oxygens (including phenoxy) is 1. The van der Waals surface area contributed by atoms with Gasteiger partial charge in [0, 0.05) is 10.9 Å². The van der Waals surface area contributed by atoms with Crippen molar-refractivity contribution in [3.63, 3.8) is 0 Å². The molecule has 26 heavy (non-hydrogen) atoms. The van der Waals surface area contributed by atoms with Crippen LogP contribution >= 0.6 is 0 Å². The lowest BCUT2D eigenvalue weighted by atomic mass is 10.1. The Morgan fingerprint density at radius 1 is 1.08 bits per heavy atom. The average molecular weight is 347 g/mol. The maximum atomic E-state index is 12.1. The third kappa shape index (κ3) is 2.88. The number of hydrogen-bond acceptors (Lipinski definition) is 4. The molecular formula is C21H17NO4. The molecule has 0 aliphatic heterocycles. The van der Waals surface area contributed by atoms with Gasteiger partial charge in [-0.3, -0.25) is 9.36 Å². The smallest absolute Gasteiger partial charge is 0.420 e. The fraction of sp³-hybridized carbons (Fsp3) is 0.143. The molecule has 0 N–H and O–H groups in total. The monoisotopic (exact) mass is 347 g/mol. The molecule has 4 rings (SSSR count). The molecule has 0 spiro atoms. The number of ketones is 1. The van der Waals surface area contributed by atoms with Crippen molar-refractivity contribution >= 4 is 27.7 Å². The Morgan fingerprint density at radius 3 is 2.73 bits per heavy atom. The maximum Gasteiger partial charge on any atom is 0.420 e. The van der Waals surface area contributed by atoms with Crippen molar-refractivity contribution in [3.8, 4) is 5.75 Å². The van der Waals surface area contributed by atoms with Gasteiger partial charge < -0.3 is 9.15 Å². The van der Waals surface area contributed by atoms with Crippen molar-refractivity contribution in [2.45, 2.75) is 13.5 Å². The second-order valence-corrected chi connectivity index (χ2v) is 6.08. The number of carbonyl (C=O) groups is 1. The van der Waals surface area contributed by atoms with Crippen LogP contribution in [0.1, 0.15) is 17.3 Å². The zero-order valence-corrected chi connectivity index (χ0v) is 14.3. The number of hydrogen-bond donors (Lipinski definition) is 0. The van der Waals surface area contributed by atoms with Crippen molar-refractivity contribution < 1.29 is 13.9 Å². The lowest BCUT2D eigenvalue weighted by Crippen LogP contribution is -2.18. The highest BCUT2D eigenvalue weighted by atomic mass is 16.5. The largest absolute Gasteiger partial charge is 0.491 e. The van der Waals surface area contributed by atoms with E-state index < -0.39 is 5.76 Å². The highest BCUT2D eigenvalue weighted by Crippen LogP contribution is 2.25. The van der Waals surface area contributed by atoms with Crippen molar-refractivity contribution in [2.24, 2.45) is 0 Å². The molecule has 130 valence electrons. The fourth-order valence-corrected chi connectivity index (χ4v) is 3.07. The summed E-state index contributed by atoms with van der Waals surface area (Å²) in [6.07, 6.45) is 0. The third-order valence-corrected chi connectivity index (χ3v) is 4.40. The van der Waals surface area contributed by atoms with Gasteiger partial charge in [0.1, 0.15) is 12.4 Å². The number of Topliss-reactive ketones (excluding diaryl/α,β-unsaturated/α-hetero) is 1. The van der Waals surface area contributed by atoms with Gasteiger partial charge in [-0.2, -0.15) is 0 Å². The van der Waals surface area contributed by atoms with Crippen LogP contribution in [0.15, 0.2) is 69.9 Å². The van der Waals surface area contributed by atoms with Gasteiger partial charge in [0.05, 0.1) is 12.1 Å². The molecule has 4 aromatic rings. The molecule has 5 nitrogen and oxygen atoms in total. The van der Waals surface area contributed by atoms with Crippen LogP contribution in [0.3, 0.4) is 0 Å². The van der Waals surface area contributed by atoms with Crippen molar-refractivity contribution in [2.75, 3.05) is 6.61 Å². The molecule has 0 unspecified atom stereocenters. The number of oxazole rings is 1. The normalized spacial score (nSPS) is 11.1. The van der Waals surface area contributed by atoms with Gasteiger partial charge in [-0.1, -0.05) is 36.4 Å². The van der Waals surface area contributed by atoms with E-state index in [0.29, 0.717) is 29.8 Å². The second kappa shape index (κ2) is 6.52. The third-order valence-electron chi connectivity index (χ3n) is 4.40. The molecule has 3 aromatic carbocycles. The van der Waals surface area contributed by atoms with E-state index in [-0.39, 0.29) is 5.78 Å². The van der Waals surface area contributed by atoms with Crippen LogP contribution in [0.25, 0.3) is 21.9 Å². The minimum atomic E-state index is -0.456. The number of nitrogens with zero attached hydrogens (tertiary/aromatic N) is 1. The van der Waals surface area contributed by atoms with Gasteiger partial charge in [-0.25, -0.2) is 4.79 Å². The number of rotatable bonds is 5. The van der Waals surface area contributed by atoms with Crippen LogP contribution in [-0.2, 0) is 6.54 Å². The van der Waals surface area contributed by atoms with Gasteiger partial charge in [0.2, 0.25) is 0 Å². The molecular weight excluding hydrogens is 330 g/mol. The zero-order chi connectivity index (χ0) is 18.1. The predicted octanol–water partition coefficient (Wildman–Crippen LogP) is 4.03. The first-order valence-corrected chi connectivity index (χ1v) is 8.38. The van der Waals surface area contributed by atoms with Gasteiger partial charge in [-0.15, -0.1) is 0 Å². The summed E-state index contributed by atoms with van der Waals surface area (Å²) in [6.45, 7) is 2.17. The highest BCUT2D eigenvalue weighted by Gasteiger charge is 2.11. The van der Waals surface area contributed by atoms with E-state index in [2.05, 4.69) is 0 Å². The quantitative estimate of drug-likeness (QED) is 0.511. The van der Waals surface area contributed by atoms with E-state index in [4.69, 9.17) is 9.15 Å². The molecule has 0 amide bonds. The molecule has 0 aliphatic rings. The summed E-state index contributed by atoms with van der Waals surface area (Å²) < 4.78 is 12.7. The molecule has 1 aromatic heterocycles. The summed E-state index contributed by atoms with van der Waals surface area (Å²) in [5, 5.41) is 2.14. The highest BCUT2D eigenvalue weighted by molar-refractivity contribution is 5.96.